The Bertz CT molecular complexity index is 904. The molecule has 25 heavy (non-hydrogen) atoms. The molecule has 0 bridgehead atoms. The Kier molecular flexibility index (Phi) is 5.60. The van der Waals surface area contributed by atoms with Gasteiger partial charge in [0, 0.05) is 41.5 Å². The molecular formula is C19H21N3O2S. The van der Waals surface area contributed by atoms with Gasteiger partial charge >= 0.3 is 0 Å². The molecule has 0 radical (unpaired) electrons. The van der Waals surface area contributed by atoms with Gasteiger partial charge in [0.2, 0.25) is 0 Å². The highest BCUT2D eigenvalue weighted by atomic mass is 32.2. The second-order valence-corrected chi connectivity index (χ2v) is 7.39. The molecule has 0 saturated carbocycles. The van der Waals surface area contributed by atoms with E-state index in [0.717, 1.165) is 29.6 Å². The predicted octanol–water partition coefficient (Wildman–Crippen LogP) is 2.73. The zero-order valence-corrected chi connectivity index (χ0v) is 15.0. The minimum atomic E-state index is -0.914. The first kappa shape index (κ1) is 17.4. The number of aromatic nitrogens is 2. The number of imidazole rings is 1. The van der Waals surface area contributed by atoms with Gasteiger partial charge < -0.3 is 9.88 Å². The van der Waals surface area contributed by atoms with Gasteiger partial charge in [-0.25, -0.2) is 4.98 Å². The molecule has 2 aromatic carbocycles. The number of hydrogen-bond acceptors (Lipinski definition) is 3. The summed E-state index contributed by atoms with van der Waals surface area (Å²) < 4.78 is 13.4. The summed E-state index contributed by atoms with van der Waals surface area (Å²) in [6.45, 7) is 1.39. The summed E-state index contributed by atoms with van der Waals surface area (Å²) in [5.41, 5.74) is 3.61. The number of nitrogens with zero attached hydrogens (tertiary/aromatic N) is 2. The molecule has 1 atom stereocenters. The first-order valence-electron chi connectivity index (χ1n) is 8.20. The second-order valence-electron chi connectivity index (χ2n) is 5.95. The quantitative estimate of drug-likeness (QED) is 0.663. The molecule has 1 amide bonds. The molecule has 1 aromatic heterocycles. The lowest BCUT2D eigenvalue weighted by atomic mass is 10.1. The molecule has 3 aromatic rings. The Hall–Kier alpha value is -2.47. The normalized spacial score (nSPS) is 12.2. The highest BCUT2D eigenvalue weighted by Crippen LogP contribution is 2.12. The fraction of sp³-hybridized carbons (Fsp3) is 0.263. The molecule has 1 unspecified atom stereocenters. The number of para-hydroxylation sites is 2. The van der Waals surface area contributed by atoms with Gasteiger partial charge in [-0.2, -0.15) is 0 Å². The minimum Gasteiger partial charge on any atom is -0.352 e. The second kappa shape index (κ2) is 8.07. The summed E-state index contributed by atoms with van der Waals surface area (Å²) in [5.74, 6) is 0.369. The van der Waals surface area contributed by atoms with Crippen LogP contribution in [0.25, 0.3) is 11.0 Å². The zero-order valence-electron chi connectivity index (χ0n) is 14.1. The van der Waals surface area contributed by atoms with Gasteiger partial charge in [0.1, 0.15) is 0 Å². The summed E-state index contributed by atoms with van der Waals surface area (Å²) in [7, 11) is -0.914. The fourth-order valence-electron chi connectivity index (χ4n) is 2.78. The molecule has 1 N–H and O–H groups in total. The van der Waals surface area contributed by atoms with Crippen LogP contribution < -0.4 is 5.32 Å². The van der Waals surface area contributed by atoms with E-state index >= 15 is 0 Å². The van der Waals surface area contributed by atoms with E-state index in [9.17, 15) is 9.00 Å². The van der Waals surface area contributed by atoms with Gasteiger partial charge in [-0.15, -0.1) is 0 Å². The van der Waals surface area contributed by atoms with Crippen LogP contribution in [-0.4, -0.2) is 32.5 Å². The number of fused-ring (bicyclic) bond motifs is 1. The Morgan fingerprint density at radius 1 is 1.20 bits per heavy atom. The van der Waals surface area contributed by atoms with E-state index in [2.05, 4.69) is 14.9 Å². The Labute approximate surface area is 149 Å². The SMILES string of the molecule is CS(=O)Cc1cccc(C(=O)NCCCn2cnc3ccccc32)c1. The van der Waals surface area contributed by atoms with E-state index in [1.54, 1.807) is 18.4 Å². The Morgan fingerprint density at radius 2 is 2.04 bits per heavy atom. The first-order valence-corrected chi connectivity index (χ1v) is 9.93. The zero-order chi connectivity index (χ0) is 17.6. The maximum Gasteiger partial charge on any atom is 0.251 e. The predicted molar refractivity (Wildman–Crippen MR) is 101 cm³/mol. The van der Waals surface area contributed by atoms with Crippen molar-refractivity contribution in [3.05, 3.63) is 66.0 Å². The smallest absolute Gasteiger partial charge is 0.251 e. The number of benzene rings is 2. The van der Waals surface area contributed by atoms with Crippen LogP contribution in [0.3, 0.4) is 0 Å². The van der Waals surface area contributed by atoms with Crippen molar-refractivity contribution in [3.8, 4) is 0 Å². The van der Waals surface area contributed by atoms with E-state index in [0.29, 0.717) is 17.9 Å². The average molecular weight is 355 g/mol. The van der Waals surface area contributed by atoms with Crippen molar-refractivity contribution in [2.45, 2.75) is 18.7 Å². The molecule has 1 heterocycles. The van der Waals surface area contributed by atoms with Crippen molar-refractivity contribution in [1.29, 1.82) is 0 Å². The van der Waals surface area contributed by atoms with Crippen LogP contribution >= 0.6 is 0 Å². The summed E-state index contributed by atoms with van der Waals surface area (Å²) >= 11 is 0. The largest absolute Gasteiger partial charge is 0.352 e. The standard InChI is InChI=1S/C19H21N3O2S/c1-25(24)13-15-6-4-7-16(12-15)19(23)20-10-5-11-22-14-21-17-8-2-3-9-18(17)22/h2-4,6-9,12,14H,5,10-11,13H2,1H3,(H,20,23). The molecule has 0 spiro atoms. The van der Waals surface area contributed by atoms with Crippen LogP contribution in [0.15, 0.2) is 54.9 Å². The molecule has 5 nitrogen and oxygen atoms in total. The lowest BCUT2D eigenvalue weighted by Crippen LogP contribution is -2.25. The number of hydrogen-bond donors (Lipinski definition) is 1. The number of rotatable bonds is 7. The molecular weight excluding hydrogens is 334 g/mol. The van der Waals surface area contributed by atoms with Crippen molar-refractivity contribution in [1.82, 2.24) is 14.9 Å². The van der Waals surface area contributed by atoms with Crippen molar-refractivity contribution >= 4 is 27.7 Å². The summed E-state index contributed by atoms with van der Waals surface area (Å²) in [6, 6.07) is 15.3. The van der Waals surface area contributed by atoms with Crippen LogP contribution in [0.2, 0.25) is 0 Å². The van der Waals surface area contributed by atoms with E-state index in [1.165, 1.54) is 0 Å². The van der Waals surface area contributed by atoms with Crippen molar-refractivity contribution in [2.24, 2.45) is 0 Å². The fourth-order valence-corrected chi connectivity index (χ4v) is 3.43. The number of carbonyl (C=O) groups excluding carboxylic acids is 1. The minimum absolute atomic E-state index is 0.0979. The van der Waals surface area contributed by atoms with Crippen LogP contribution in [0.4, 0.5) is 0 Å². The van der Waals surface area contributed by atoms with E-state index in [-0.39, 0.29) is 5.91 Å². The maximum atomic E-state index is 12.3. The third-order valence-corrected chi connectivity index (χ3v) is 4.69. The van der Waals surface area contributed by atoms with Crippen molar-refractivity contribution < 1.29 is 9.00 Å². The van der Waals surface area contributed by atoms with E-state index in [1.807, 2.05) is 42.7 Å². The first-order chi connectivity index (χ1) is 12.1. The van der Waals surface area contributed by atoms with Gasteiger partial charge in [0.15, 0.2) is 0 Å². The van der Waals surface area contributed by atoms with E-state index in [4.69, 9.17) is 0 Å². The van der Waals surface area contributed by atoms with Crippen LogP contribution in [-0.2, 0) is 23.1 Å². The highest BCUT2D eigenvalue weighted by molar-refractivity contribution is 7.83. The van der Waals surface area contributed by atoms with E-state index < -0.39 is 10.8 Å². The monoisotopic (exact) mass is 355 g/mol. The van der Waals surface area contributed by atoms with Crippen molar-refractivity contribution in [2.75, 3.05) is 12.8 Å². The molecule has 0 fully saturated rings. The molecule has 0 aliphatic heterocycles. The molecule has 3 rings (SSSR count). The maximum absolute atomic E-state index is 12.3. The Balaban J connectivity index is 1.52. The van der Waals surface area contributed by atoms with Gasteiger partial charge in [-0.05, 0) is 36.2 Å². The molecule has 0 saturated heterocycles. The molecule has 0 aliphatic rings. The van der Waals surface area contributed by atoms with Crippen molar-refractivity contribution in [3.63, 3.8) is 0 Å². The van der Waals surface area contributed by atoms with Gasteiger partial charge in [-0.1, -0.05) is 24.3 Å². The number of aryl methyl sites for hydroxylation is 1. The van der Waals surface area contributed by atoms with Crippen LogP contribution in [0, 0.1) is 0 Å². The molecule has 6 heteroatoms. The van der Waals surface area contributed by atoms with Crippen LogP contribution in [0.5, 0.6) is 0 Å². The summed E-state index contributed by atoms with van der Waals surface area (Å²) in [6.07, 6.45) is 4.32. The van der Waals surface area contributed by atoms with Gasteiger partial charge in [-0.3, -0.25) is 9.00 Å². The summed E-state index contributed by atoms with van der Waals surface area (Å²) in [4.78, 5) is 16.6. The topological polar surface area (TPSA) is 64.0 Å². The molecule has 130 valence electrons. The van der Waals surface area contributed by atoms with Gasteiger partial charge in [0.05, 0.1) is 17.4 Å². The molecule has 0 aliphatic carbocycles. The lowest BCUT2D eigenvalue weighted by Gasteiger charge is -2.08. The van der Waals surface area contributed by atoms with Gasteiger partial charge in [0.25, 0.3) is 5.91 Å². The number of nitrogens with one attached hydrogen (secondary N) is 1. The lowest BCUT2D eigenvalue weighted by molar-refractivity contribution is 0.0952. The average Bonchev–Trinajstić information content (AvgIpc) is 3.01. The van der Waals surface area contributed by atoms with Crippen LogP contribution in [0.1, 0.15) is 22.3 Å². The number of amides is 1. The highest BCUT2D eigenvalue weighted by Gasteiger charge is 2.07. The number of carbonyl (C=O) groups is 1. The Morgan fingerprint density at radius 3 is 2.88 bits per heavy atom. The third-order valence-electron chi connectivity index (χ3n) is 3.95. The summed E-state index contributed by atoms with van der Waals surface area (Å²) in [5, 5.41) is 2.94. The third kappa shape index (κ3) is 4.54.